The van der Waals surface area contributed by atoms with Crippen molar-refractivity contribution in [2.45, 2.75) is 59.0 Å². The molecule has 2 rings (SSSR count). The number of allylic oxidation sites excluding steroid dienone is 2. The van der Waals surface area contributed by atoms with Gasteiger partial charge in [-0.2, -0.15) is 0 Å². The maximum atomic E-state index is 5.69. The average molecular weight is 220 g/mol. The smallest absolute Gasteiger partial charge is 0.119 e. The van der Waals surface area contributed by atoms with Crippen LogP contribution in [-0.2, 0) is 4.74 Å². The second-order valence-electron chi connectivity index (χ2n) is 6.19. The van der Waals surface area contributed by atoms with Crippen LogP contribution in [0.3, 0.4) is 0 Å². The zero-order valence-corrected chi connectivity index (χ0v) is 10.8. The summed E-state index contributed by atoms with van der Waals surface area (Å²) in [6.45, 7) is 7.07. The van der Waals surface area contributed by atoms with E-state index in [0.717, 1.165) is 5.92 Å². The summed E-state index contributed by atoms with van der Waals surface area (Å²) in [6, 6.07) is 0. The fraction of sp³-hybridized carbons (Fsp3) is 0.733. The summed E-state index contributed by atoms with van der Waals surface area (Å²) >= 11 is 0. The molecule has 0 aromatic carbocycles. The number of hydrogen-bond donors (Lipinski definition) is 0. The minimum atomic E-state index is 0.380. The Labute approximate surface area is 99.6 Å². The minimum Gasteiger partial charge on any atom is -0.494 e. The third kappa shape index (κ3) is 2.69. The van der Waals surface area contributed by atoms with Crippen LogP contribution in [0.15, 0.2) is 24.0 Å². The van der Waals surface area contributed by atoms with Crippen molar-refractivity contribution in [2.24, 2.45) is 11.3 Å². The van der Waals surface area contributed by atoms with Gasteiger partial charge in [0.1, 0.15) is 6.10 Å². The zero-order valence-electron chi connectivity index (χ0n) is 10.8. The van der Waals surface area contributed by atoms with E-state index in [4.69, 9.17) is 4.74 Å². The van der Waals surface area contributed by atoms with E-state index in [0.29, 0.717) is 11.5 Å². The van der Waals surface area contributed by atoms with Gasteiger partial charge in [0.15, 0.2) is 0 Å². The highest BCUT2D eigenvalue weighted by Gasteiger charge is 2.28. The molecule has 2 unspecified atom stereocenters. The lowest BCUT2D eigenvalue weighted by Gasteiger charge is -2.35. The van der Waals surface area contributed by atoms with Gasteiger partial charge in [-0.25, -0.2) is 0 Å². The summed E-state index contributed by atoms with van der Waals surface area (Å²) in [4.78, 5) is 0. The summed E-state index contributed by atoms with van der Waals surface area (Å²) in [5.74, 6) is 0.843. The van der Waals surface area contributed by atoms with E-state index < -0.39 is 0 Å². The van der Waals surface area contributed by atoms with Gasteiger partial charge in [0.05, 0.1) is 6.26 Å². The van der Waals surface area contributed by atoms with Crippen LogP contribution in [0.1, 0.15) is 52.9 Å². The van der Waals surface area contributed by atoms with Crippen LogP contribution in [-0.4, -0.2) is 6.10 Å². The van der Waals surface area contributed by atoms with Gasteiger partial charge >= 0.3 is 0 Å². The monoisotopic (exact) mass is 220 g/mol. The molecule has 1 heteroatoms. The molecule has 1 aliphatic carbocycles. The molecule has 0 radical (unpaired) electrons. The fourth-order valence-electron chi connectivity index (χ4n) is 2.74. The summed E-state index contributed by atoms with van der Waals surface area (Å²) in [6.07, 6.45) is 13.0. The molecule has 16 heavy (non-hydrogen) atoms. The van der Waals surface area contributed by atoms with E-state index in [1.54, 1.807) is 5.57 Å². The summed E-state index contributed by atoms with van der Waals surface area (Å²) < 4.78 is 5.69. The Bertz CT molecular complexity index is 293. The van der Waals surface area contributed by atoms with Crippen molar-refractivity contribution in [3.63, 3.8) is 0 Å². The lowest BCUT2D eigenvalue weighted by molar-refractivity contribution is 0.141. The molecule has 0 saturated carbocycles. The van der Waals surface area contributed by atoms with E-state index in [-0.39, 0.29) is 0 Å². The van der Waals surface area contributed by atoms with E-state index in [2.05, 4.69) is 32.9 Å². The Morgan fingerprint density at radius 3 is 2.56 bits per heavy atom. The Hall–Kier alpha value is -0.720. The molecular weight excluding hydrogens is 196 g/mol. The quantitative estimate of drug-likeness (QED) is 0.593. The molecule has 2 atom stereocenters. The van der Waals surface area contributed by atoms with Crippen molar-refractivity contribution in [3.8, 4) is 0 Å². The largest absolute Gasteiger partial charge is 0.494 e. The van der Waals surface area contributed by atoms with Crippen molar-refractivity contribution in [3.05, 3.63) is 24.0 Å². The standard InChI is InChI=1S/C15H24O/c1-15(2,3)13-9-7-12(8-10-13)14-6-4-5-11-16-14/h5,7,11,13-14H,4,6,8-10H2,1-3H3. The molecule has 0 saturated heterocycles. The molecule has 1 heterocycles. The third-order valence-corrected chi connectivity index (χ3v) is 4.02. The molecule has 0 aromatic rings. The van der Waals surface area contributed by atoms with Gasteiger partial charge in [0.25, 0.3) is 0 Å². The van der Waals surface area contributed by atoms with Crippen molar-refractivity contribution in [1.82, 2.24) is 0 Å². The highest BCUT2D eigenvalue weighted by molar-refractivity contribution is 5.14. The summed E-state index contributed by atoms with van der Waals surface area (Å²) in [5, 5.41) is 0. The highest BCUT2D eigenvalue weighted by atomic mass is 16.5. The van der Waals surface area contributed by atoms with Gasteiger partial charge in [-0.3, -0.25) is 0 Å². The molecule has 0 spiro atoms. The normalized spacial score (nSPS) is 30.8. The first kappa shape index (κ1) is 11.8. The Kier molecular flexibility index (Phi) is 3.41. The van der Waals surface area contributed by atoms with Crippen LogP contribution in [0.4, 0.5) is 0 Å². The van der Waals surface area contributed by atoms with Crippen LogP contribution in [0.2, 0.25) is 0 Å². The van der Waals surface area contributed by atoms with Gasteiger partial charge < -0.3 is 4.74 Å². The maximum Gasteiger partial charge on any atom is 0.119 e. The zero-order chi connectivity index (χ0) is 11.6. The molecule has 2 aliphatic rings. The Morgan fingerprint density at radius 2 is 2.06 bits per heavy atom. The molecule has 0 amide bonds. The van der Waals surface area contributed by atoms with Crippen molar-refractivity contribution in [2.75, 3.05) is 0 Å². The molecule has 90 valence electrons. The van der Waals surface area contributed by atoms with Crippen LogP contribution < -0.4 is 0 Å². The van der Waals surface area contributed by atoms with Crippen molar-refractivity contribution >= 4 is 0 Å². The topological polar surface area (TPSA) is 9.23 Å². The van der Waals surface area contributed by atoms with Gasteiger partial charge in [-0.15, -0.1) is 0 Å². The molecule has 0 fully saturated rings. The Balaban J connectivity index is 1.95. The van der Waals surface area contributed by atoms with E-state index in [1.807, 2.05) is 6.26 Å². The molecule has 0 aromatic heterocycles. The van der Waals surface area contributed by atoms with E-state index in [9.17, 15) is 0 Å². The molecule has 0 bridgehead atoms. The minimum absolute atomic E-state index is 0.380. The molecule has 0 N–H and O–H groups in total. The number of hydrogen-bond acceptors (Lipinski definition) is 1. The average Bonchev–Trinajstić information content (AvgIpc) is 2.29. The van der Waals surface area contributed by atoms with Crippen LogP contribution in [0.5, 0.6) is 0 Å². The number of rotatable bonds is 1. The lowest BCUT2D eigenvalue weighted by atomic mass is 9.72. The van der Waals surface area contributed by atoms with Gasteiger partial charge in [-0.1, -0.05) is 26.8 Å². The lowest BCUT2D eigenvalue weighted by Crippen LogP contribution is -2.25. The number of ether oxygens (including phenoxy) is 1. The second kappa shape index (κ2) is 4.65. The van der Waals surface area contributed by atoms with Crippen LogP contribution in [0.25, 0.3) is 0 Å². The van der Waals surface area contributed by atoms with Gasteiger partial charge in [0, 0.05) is 0 Å². The molecule has 1 aliphatic heterocycles. The predicted molar refractivity (Wildman–Crippen MR) is 68.1 cm³/mol. The maximum absolute atomic E-state index is 5.69. The van der Waals surface area contributed by atoms with E-state index in [1.165, 1.54) is 32.1 Å². The second-order valence-corrected chi connectivity index (χ2v) is 6.19. The summed E-state index contributed by atoms with van der Waals surface area (Å²) in [7, 11) is 0. The van der Waals surface area contributed by atoms with Gasteiger partial charge in [0.2, 0.25) is 0 Å². The summed E-state index contributed by atoms with van der Waals surface area (Å²) in [5.41, 5.74) is 2.00. The predicted octanol–water partition coefficient (Wildman–Crippen LogP) is 4.45. The molecular formula is C15H24O. The molecule has 1 nitrogen and oxygen atoms in total. The first-order valence-corrected chi connectivity index (χ1v) is 6.57. The fourth-order valence-corrected chi connectivity index (χ4v) is 2.74. The van der Waals surface area contributed by atoms with E-state index >= 15 is 0 Å². The highest BCUT2D eigenvalue weighted by Crippen LogP contribution is 2.38. The van der Waals surface area contributed by atoms with Crippen LogP contribution >= 0.6 is 0 Å². The van der Waals surface area contributed by atoms with Crippen molar-refractivity contribution in [1.29, 1.82) is 0 Å². The van der Waals surface area contributed by atoms with Crippen LogP contribution in [0, 0.1) is 11.3 Å². The Morgan fingerprint density at radius 1 is 1.25 bits per heavy atom. The third-order valence-electron chi connectivity index (χ3n) is 4.02. The first-order valence-electron chi connectivity index (χ1n) is 6.57. The SMILES string of the molecule is CC(C)(C)C1CC=C(C2CCC=CO2)CC1. The van der Waals surface area contributed by atoms with Gasteiger partial charge in [-0.05, 0) is 55.1 Å². The van der Waals surface area contributed by atoms with Crippen molar-refractivity contribution < 1.29 is 4.74 Å². The first-order chi connectivity index (χ1) is 7.57.